The van der Waals surface area contributed by atoms with E-state index in [1.807, 2.05) is 30.9 Å². The molecule has 114 valence electrons. The molecule has 2 aromatic rings. The van der Waals surface area contributed by atoms with Gasteiger partial charge in [0.1, 0.15) is 11.6 Å². The molecule has 0 aliphatic carbocycles. The number of rotatable bonds is 6. The molecule has 1 N–H and O–H groups in total. The maximum atomic E-state index is 5.20. The molecule has 0 atom stereocenters. The van der Waals surface area contributed by atoms with Crippen LogP contribution >= 0.6 is 0 Å². The number of benzene rings is 1. The van der Waals surface area contributed by atoms with E-state index < -0.39 is 0 Å². The topological polar surface area (TPSA) is 42.3 Å². The normalized spacial score (nSPS) is 10.7. The Morgan fingerprint density at radius 2 is 1.95 bits per heavy atom. The summed E-state index contributed by atoms with van der Waals surface area (Å²) in [6, 6.07) is 8.17. The summed E-state index contributed by atoms with van der Waals surface area (Å²) in [6.45, 7) is 3.71. The molecule has 0 saturated heterocycles. The Hall–Kier alpha value is -2.01. The third-order valence-electron chi connectivity index (χ3n) is 3.61. The van der Waals surface area contributed by atoms with E-state index in [-0.39, 0.29) is 0 Å². The van der Waals surface area contributed by atoms with Gasteiger partial charge in [0.05, 0.1) is 12.8 Å². The summed E-state index contributed by atoms with van der Waals surface area (Å²) in [6.07, 6.45) is 0. The molecule has 0 bridgehead atoms. The summed E-state index contributed by atoms with van der Waals surface area (Å²) in [4.78, 5) is 2.23. The number of methoxy groups -OCH3 is 1. The summed E-state index contributed by atoms with van der Waals surface area (Å²) in [7, 11) is 7.73. The Balaban J connectivity index is 2.21. The second-order valence-electron chi connectivity index (χ2n) is 5.25. The van der Waals surface area contributed by atoms with Crippen LogP contribution in [0.15, 0.2) is 24.3 Å². The van der Waals surface area contributed by atoms with Gasteiger partial charge in [0.2, 0.25) is 0 Å². The van der Waals surface area contributed by atoms with Crippen LogP contribution in [0, 0.1) is 6.92 Å². The fourth-order valence-corrected chi connectivity index (χ4v) is 2.63. The standard InChI is InChI=1S/C16H24N4O/c1-12-15(10-17-2)16(20(4)18-12)19(3)11-13-6-8-14(21-5)9-7-13/h6-9,17H,10-11H2,1-5H3. The molecule has 0 spiro atoms. The van der Waals surface area contributed by atoms with Crippen LogP contribution in [0.25, 0.3) is 0 Å². The molecule has 1 aromatic carbocycles. The van der Waals surface area contributed by atoms with Crippen molar-refractivity contribution in [3.05, 3.63) is 41.1 Å². The van der Waals surface area contributed by atoms with Crippen LogP contribution in [0.1, 0.15) is 16.8 Å². The minimum atomic E-state index is 0.821. The molecule has 1 aromatic heterocycles. The molecular formula is C16H24N4O. The van der Waals surface area contributed by atoms with E-state index >= 15 is 0 Å². The SMILES string of the molecule is CNCc1c(C)nn(C)c1N(C)Cc1ccc(OC)cc1. The number of nitrogens with zero attached hydrogens (tertiary/aromatic N) is 3. The van der Waals surface area contributed by atoms with Crippen molar-refractivity contribution in [2.75, 3.05) is 26.1 Å². The van der Waals surface area contributed by atoms with Crippen LogP contribution in [-0.2, 0) is 20.1 Å². The van der Waals surface area contributed by atoms with E-state index in [0.717, 1.165) is 30.4 Å². The number of ether oxygens (including phenoxy) is 1. The van der Waals surface area contributed by atoms with Crippen molar-refractivity contribution in [3.63, 3.8) is 0 Å². The molecule has 0 amide bonds. The Bertz CT molecular complexity index is 589. The summed E-state index contributed by atoms with van der Waals surface area (Å²) in [5, 5.41) is 7.75. The monoisotopic (exact) mass is 288 g/mol. The first kappa shape index (κ1) is 15.4. The van der Waals surface area contributed by atoms with Crippen molar-refractivity contribution in [2.45, 2.75) is 20.0 Å². The first-order chi connectivity index (χ1) is 10.1. The highest BCUT2D eigenvalue weighted by atomic mass is 16.5. The van der Waals surface area contributed by atoms with E-state index in [0.29, 0.717) is 0 Å². The zero-order valence-corrected chi connectivity index (χ0v) is 13.5. The van der Waals surface area contributed by atoms with E-state index in [2.05, 4.69) is 41.4 Å². The van der Waals surface area contributed by atoms with Crippen LogP contribution in [-0.4, -0.2) is 31.0 Å². The fourth-order valence-electron chi connectivity index (χ4n) is 2.63. The highest BCUT2D eigenvalue weighted by Crippen LogP contribution is 2.24. The fraction of sp³-hybridized carbons (Fsp3) is 0.438. The molecule has 2 rings (SSSR count). The van der Waals surface area contributed by atoms with Crippen molar-refractivity contribution in [1.82, 2.24) is 15.1 Å². The lowest BCUT2D eigenvalue weighted by molar-refractivity contribution is 0.414. The van der Waals surface area contributed by atoms with E-state index in [9.17, 15) is 0 Å². The van der Waals surface area contributed by atoms with E-state index in [1.54, 1.807) is 7.11 Å². The Kier molecular flexibility index (Phi) is 4.85. The van der Waals surface area contributed by atoms with E-state index in [4.69, 9.17) is 4.74 Å². The number of hydrogen-bond acceptors (Lipinski definition) is 4. The predicted molar refractivity (Wildman–Crippen MR) is 85.8 cm³/mol. The number of nitrogens with one attached hydrogen (secondary N) is 1. The van der Waals surface area contributed by atoms with Gasteiger partial charge in [-0.15, -0.1) is 0 Å². The first-order valence-electron chi connectivity index (χ1n) is 7.08. The summed E-state index contributed by atoms with van der Waals surface area (Å²) in [5.41, 5.74) is 3.56. The highest BCUT2D eigenvalue weighted by molar-refractivity contribution is 5.50. The summed E-state index contributed by atoms with van der Waals surface area (Å²) >= 11 is 0. The van der Waals surface area contributed by atoms with Gasteiger partial charge in [-0.1, -0.05) is 12.1 Å². The highest BCUT2D eigenvalue weighted by Gasteiger charge is 2.16. The lowest BCUT2D eigenvalue weighted by Crippen LogP contribution is -2.21. The van der Waals surface area contributed by atoms with Crippen molar-refractivity contribution < 1.29 is 4.74 Å². The number of aromatic nitrogens is 2. The van der Waals surface area contributed by atoms with Gasteiger partial charge >= 0.3 is 0 Å². The van der Waals surface area contributed by atoms with Gasteiger partial charge in [-0.2, -0.15) is 5.10 Å². The quantitative estimate of drug-likeness (QED) is 0.884. The van der Waals surface area contributed by atoms with Gasteiger partial charge in [-0.3, -0.25) is 4.68 Å². The average molecular weight is 288 g/mol. The van der Waals surface area contributed by atoms with Crippen molar-refractivity contribution >= 4 is 5.82 Å². The molecule has 5 heteroatoms. The lowest BCUT2D eigenvalue weighted by atomic mass is 10.2. The second-order valence-corrected chi connectivity index (χ2v) is 5.25. The number of aryl methyl sites for hydroxylation is 2. The molecule has 0 radical (unpaired) electrons. The third kappa shape index (κ3) is 3.36. The van der Waals surface area contributed by atoms with Crippen molar-refractivity contribution in [2.24, 2.45) is 7.05 Å². The molecule has 0 fully saturated rings. The molecule has 0 aliphatic rings. The van der Waals surface area contributed by atoms with Crippen LogP contribution in [0.5, 0.6) is 5.75 Å². The Morgan fingerprint density at radius 1 is 1.29 bits per heavy atom. The lowest BCUT2D eigenvalue weighted by Gasteiger charge is -2.21. The van der Waals surface area contributed by atoms with Gasteiger partial charge in [-0.05, 0) is 31.7 Å². The van der Waals surface area contributed by atoms with Crippen LogP contribution in [0.4, 0.5) is 5.82 Å². The maximum absolute atomic E-state index is 5.20. The van der Waals surface area contributed by atoms with Gasteiger partial charge in [0.25, 0.3) is 0 Å². The van der Waals surface area contributed by atoms with Gasteiger partial charge in [-0.25, -0.2) is 0 Å². The van der Waals surface area contributed by atoms with E-state index in [1.165, 1.54) is 11.1 Å². The molecular weight excluding hydrogens is 264 g/mol. The van der Waals surface area contributed by atoms with Crippen molar-refractivity contribution in [1.29, 1.82) is 0 Å². The largest absolute Gasteiger partial charge is 0.497 e. The van der Waals surface area contributed by atoms with Gasteiger partial charge in [0, 0.05) is 32.7 Å². The smallest absolute Gasteiger partial charge is 0.131 e. The molecule has 0 aliphatic heterocycles. The molecule has 0 saturated carbocycles. The first-order valence-corrected chi connectivity index (χ1v) is 7.08. The average Bonchev–Trinajstić information content (AvgIpc) is 2.74. The molecule has 21 heavy (non-hydrogen) atoms. The minimum Gasteiger partial charge on any atom is -0.497 e. The number of hydrogen-bond donors (Lipinski definition) is 1. The molecule has 5 nitrogen and oxygen atoms in total. The zero-order valence-electron chi connectivity index (χ0n) is 13.5. The van der Waals surface area contributed by atoms with Crippen LogP contribution in [0.2, 0.25) is 0 Å². The third-order valence-corrected chi connectivity index (χ3v) is 3.61. The van der Waals surface area contributed by atoms with Crippen LogP contribution in [0.3, 0.4) is 0 Å². The Labute approximate surface area is 126 Å². The summed E-state index contributed by atoms with van der Waals surface area (Å²) in [5.74, 6) is 2.03. The second kappa shape index (κ2) is 6.63. The van der Waals surface area contributed by atoms with Crippen molar-refractivity contribution in [3.8, 4) is 5.75 Å². The minimum absolute atomic E-state index is 0.821. The predicted octanol–water partition coefficient (Wildman–Crippen LogP) is 2.09. The molecule has 1 heterocycles. The Morgan fingerprint density at radius 3 is 2.52 bits per heavy atom. The maximum Gasteiger partial charge on any atom is 0.131 e. The van der Waals surface area contributed by atoms with Gasteiger partial charge in [0.15, 0.2) is 0 Å². The number of anilines is 1. The van der Waals surface area contributed by atoms with Crippen LogP contribution < -0.4 is 15.0 Å². The summed E-state index contributed by atoms with van der Waals surface area (Å²) < 4.78 is 7.15. The van der Waals surface area contributed by atoms with Gasteiger partial charge < -0.3 is 15.0 Å². The zero-order chi connectivity index (χ0) is 15.4. The molecule has 0 unspecified atom stereocenters.